The minimum Gasteiger partial charge on any atom is -0.504 e. The van der Waals surface area contributed by atoms with Gasteiger partial charge in [0.15, 0.2) is 11.5 Å². The van der Waals surface area contributed by atoms with E-state index in [1.165, 1.54) is 0 Å². The summed E-state index contributed by atoms with van der Waals surface area (Å²) in [5, 5.41) is 19.3. The normalized spacial score (nSPS) is 17.3. The van der Waals surface area contributed by atoms with Gasteiger partial charge >= 0.3 is 0 Å². The summed E-state index contributed by atoms with van der Waals surface area (Å²) in [6, 6.07) is 0. The lowest BCUT2D eigenvalue weighted by atomic mass is 9.96. The van der Waals surface area contributed by atoms with Crippen LogP contribution in [0.1, 0.15) is 11.1 Å². The van der Waals surface area contributed by atoms with E-state index in [0.29, 0.717) is 0 Å². The van der Waals surface area contributed by atoms with Crippen molar-refractivity contribution in [2.45, 2.75) is 5.66 Å². The van der Waals surface area contributed by atoms with Gasteiger partial charge in [0, 0.05) is 5.56 Å². The van der Waals surface area contributed by atoms with Gasteiger partial charge in [0.25, 0.3) is 0 Å². The number of hydrogen-bond donors (Lipinski definition) is 8. The van der Waals surface area contributed by atoms with Gasteiger partial charge < -0.3 is 44.6 Å². The zero-order valence-corrected chi connectivity index (χ0v) is 8.86. The highest BCUT2D eigenvalue weighted by molar-refractivity contribution is 5.92. The number of benzene rings is 1. The van der Waals surface area contributed by atoms with Crippen molar-refractivity contribution in [1.29, 1.82) is 0 Å². The Bertz CT molecular complexity index is 563. The van der Waals surface area contributed by atoms with E-state index < -0.39 is 17.2 Å². The standard InChI is InChI=1S/C9H14N6O2/c10-3-1-2(9(14,15)8(3)13)4(11)5(12)7(17)6(1)16/h16-17H,10-15H2. The Labute approximate surface area is 96.5 Å². The molecule has 0 bridgehead atoms. The number of fused-ring (bicyclic) bond motifs is 1. The zero-order chi connectivity index (χ0) is 13.1. The smallest absolute Gasteiger partial charge is 0.183 e. The van der Waals surface area contributed by atoms with Crippen LogP contribution in [-0.2, 0) is 5.66 Å². The average Bonchev–Trinajstić information content (AvgIpc) is 2.44. The maximum atomic E-state index is 9.78. The van der Waals surface area contributed by atoms with Gasteiger partial charge in [-0.15, -0.1) is 0 Å². The van der Waals surface area contributed by atoms with Gasteiger partial charge in [0.2, 0.25) is 0 Å². The molecule has 0 unspecified atom stereocenters. The van der Waals surface area contributed by atoms with Crippen LogP contribution in [0.2, 0.25) is 0 Å². The molecule has 0 amide bonds. The van der Waals surface area contributed by atoms with Gasteiger partial charge in [-0.25, -0.2) is 0 Å². The second kappa shape index (κ2) is 2.87. The molecule has 0 heterocycles. The minimum atomic E-state index is -1.62. The van der Waals surface area contributed by atoms with Crippen molar-refractivity contribution >= 4 is 17.1 Å². The van der Waals surface area contributed by atoms with Gasteiger partial charge in [0.1, 0.15) is 11.4 Å². The Morgan fingerprint density at radius 2 is 1.35 bits per heavy atom. The van der Waals surface area contributed by atoms with Crippen molar-refractivity contribution in [2.75, 3.05) is 11.5 Å². The summed E-state index contributed by atoms with van der Waals surface area (Å²) in [7, 11) is 0. The Hall–Kier alpha value is -2.32. The molecule has 1 aromatic carbocycles. The lowest BCUT2D eigenvalue weighted by Crippen LogP contribution is -2.49. The van der Waals surface area contributed by atoms with Crippen molar-refractivity contribution in [3.63, 3.8) is 0 Å². The number of aromatic hydroxyl groups is 2. The first-order valence-corrected chi connectivity index (χ1v) is 4.68. The fourth-order valence-electron chi connectivity index (χ4n) is 1.95. The quantitative estimate of drug-likeness (QED) is 0.109. The highest BCUT2D eigenvalue weighted by Gasteiger charge is 2.42. The van der Waals surface area contributed by atoms with Crippen molar-refractivity contribution in [1.82, 2.24) is 0 Å². The third-order valence-electron chi connectivity index (χ3n) is 2.94. The Morgan fingerprint density at radius 1 is 0.824 bits per heavy atom. The molecule has 0 aliphatic heterocycles. The van der Waals surface area contributed by atoms with Gasteiger partial charge in [-0.1, -0.05) is 0 Å². The summed E-state index contributed by atoms with van der Waals surface area (Å²) in [5.41, 5.74) is 32.3. The Balaban J connectivity index is 2.96. The largest absolute Gasteiger partial charge is 0.504 e. The fourth-order valence-corrected chi connectivity index (χ4v) is 1.95. The van der Waals surface area contributed by atoms with Crippen LogP contribution in [0.4, 0.5) is 11.4 Å². The predicted molar refractivity (Wildman–Crippen MR) is 63.9 cm³/mol. The molecule has 8 nitrogen and oxygen atoms in total. The first-order chi connectivity index (χ1) is 7.71. The van der Waals surface area contributed by atoms with Crippen LogP contribution < -0.4 is 34.4 Å². The maximum Gasteiger partial charge on any atom is 0.183 e. The molecular weight excluding hydrogens is 224 g/mol. The predicted octanol–water partition coefficient (Wildman–Crippen LogP) is -2.07. The lowest BCUT2D eigenvalue weighted by molar-refractivity contribution is 0.403. The summed E-state index contributed by atoms with van der Waals surface area (Å²) in [6.45, 7) is 0. The van der Waals surface area contributed by atoms with Crippen LogP contribution in [0.3, 0.4) is 0 Å². The van der Waals surface area contributed by atoms with E-state index in [2.05, 4.69) is 0 Å². The molecule has 14 N–H and O–H groups in total. The van der Waals surface area contributed by atoms with E-state index in [1.54, 1.807) is 0 Å². The summed E-state index contributed by atoms with van der Waals surface area (Å²) in [4.78, 5) is 0. The highest BCUT2D eigenvalue weighted by Crippen LogP contribution is 2.50. The lowest BCUT2D eigenvalue weighted by Gasteiger charge is -2.24. The van der Waals surface area contributed by atoms with Crippen molar-refractivity contribution < 1.29 is 10.2 Å². The molecular formula is C9H14N6O2. The van der Waals surface area contributed by atoms with Gasteiger partial charge in [-0.3, -0.25) is 0 Å². The van der Waals surface area contributed by atoms with E-state index in [4.69, 9.17) is 34.4 Å². The molecule has 2 rings (SSSR count). The first kappa shape index (κ1) is 11.2. The number of rotatable bonds is 0. The molecule has 8 heteroatoms. The average molecular weight is 238 g/mol. The summed E-state index contributed by atoms with van der Waals surface area (Å²) < 4.78 is 0. The van der Waals surface area contributed by atoms with Crippen LogP contribution in [0, 0.1) is 0 Å². The van der Waals surface area contributed by atoms with E-state index in [0.717, 1.165) is 0 Å². The third kappa shape index (κ3) is 1.07. The van der Waals surface area contributed by atoms with Crippen molar-refractivity contribution in [3.8, 4) is 11.5 Å². The number of anilines is 2. The molecule has 1 aliphatic carbocycles. The molecule has 92 valence electrons. The molecule has 17 heavy (non-hydrogen) atoms. The molecule has 1 aliphatic rings. The number of phenols is 2. The zero-order valence-electron chi connectivity index (χ0n) is 8.86. The fraction of sp³-hybridized carbons (Fsp3) is 0.111. The summed E-state index contributed by atoms with van der Waals surface area (Å²) >= 11 is 0. The van der Waals surface area contributed by atoms with E-state index in [1.807, 2.05) is 0 Å². The number of phenolic OH excluding ortho intramolecular Hbond substituents is 2. The Morgan fingerprint density at radius 3 is 1.88 bits per heavy atom. The highest BCUT2D eigenvalue weighted by atomic mass is 16.3. The molecule has 0 saturated heterocycles. The van der Waals surface area contributed by atoms with Gasteiger partial charge in [0.05, 0.1) is 22.6 Å². The van der Waals surface area contributed by atoms with Crippen LogP contribution in [0.15, 0.2) is 5.70 Å². The van der Waals surface area contributed by atoms with E-state index in [-0.39, 0.29) is 33.9 Å². The number of hydrogen-bond acceptors (Lipinski definition) is 8. The minimum absolute atomic E-state index is 0.0236. The SMILES string of the molecule is NC1=C(N)C(N)(N)c2c(N)c(N)c(O)c(O)c21. The third-order valence-corrected chi connectivity index (χ3v) is 2.94. The Kier molecular flexibility index (Phi) is 1.89. The van der Waals surface area contributed by atoms with E-state index >= 15 is 0 Å². The molecule has 0 radical (unpaired) electrons. The number of nitrogens with two attached hydrogens (primary N) is 6. The van der Waals surface area contributed by atoms with Crippen LogP contribution in [0.5, 0.6) is 11.5 Å². The topological polar surface area (TPSA) is 197 Å². The second-order valence-corrected chi connectivity index (χ2v) is 3.97. The molecule has 1 aromatic rings. The van der Waals surface area contributed by atoms with Gasteiger partial charge in [-0.05, 0) is 0 Å². The monoisotopic (exact) mass is 238 g/mol. The first-order valence-electron chi connectivity index (χ1n) is 4.68. The summed E-state index contributed by atoms with van der Waals surface area (Å²) in [5.74, 6) is -1.11. The summed E-state index contributed by atoms with van der Waals surface area (Å²) in [6.07, 6.45) is 0. The second-order valence-electron chi connectivity index (χ2n) is 3.97. The van der Waals surface area contributed by atoms with Crippen molar-refractivity contribution in [2.24, 2.45) is 22.9 Å². The molecule has 0 saturated carbocycles. The van der Waals surface area contributed by atoms with Crippen LogP contribution >= 0.6 is 0 Å². The molecule has 0 spiro atoms. The van der Waals surface area contributed by atoms with Crippen molar-refractivity contribution in [3.05, 3.63) is 16.8 Å². The van der Waals surface area contributed by atoms with Crippen LogP contribution in [0.25, 0.3) is 5.70 Å². The van der Waals surface area contributed by atoms with E-state index in [9.17, 15) is 10.2 Å². The number of nitrogen functional groups attached to an aromatic ring is 2. The molecule has 0 aromatic heterocycles. The van der Waals surface area contributed by atoms with Crippen LogP contribution in [-0.4, -0.2) is 10.2 Å². The van der Waals surface area contributed by atoms with Gasteiger partial charge in [-0.2, -0.15) is 0 Å². The molecule has 0 fully saturated rings. The maximum absolute atomic E-state index is 9.78. The molecule has 0 atom stereocenters.